The minimum Gasteiger partial charge on any atom is -0.468 e. The van der Waals surface area contributed by atoms with Crippen molar-refractivity contribution >= 4 is 5.97 Å². The Morgan fingerprint density at radius 1 is 1.33 bits per heavy atom. The molecular formula is C13H15NO4. The molecule has 18 heavy (non-hydrogen) atoms. The van der Waals surface area contributed by atoms with E-state index in [0.717, 1.165) is 5.56 Å². The summed E-state index contributed by atoms with van der Waals surface area (Å²) >= 11 is 0. The average Bonchev–Trinajstić information content (AvgIpc) is 2.31. The molecular weight excluding hydrogens is 234 g/mol. The van der Waals surface area contributed by atoms with Gasteiger partial charge in [0.05, 0.1) is 39.0 Å². The van der Waals surface area contributed by atoms with Crippen LogP contribution >= 0.6 is 0 Å². The van der Waals surface area contributed by atoms with Crippen LogP contribution in [0.5, 0.6) is 0 Å². The molecule has 2 aliphatic rings. The van der Waals surface area contributed by atoms with Crippen molar-refractivity contribution in [2.75, 3.05) is 33.5 Å². The Labute approximate surface area is 105 Å². The smallest absolute Gasteiger partial charge is 0.317 e. The van der Waals surface area contributed by atoms with Gasteiger partial charge in [-0.15, -0.1) is 0 Å². The van der Waals surface area contributed by atoms with E-state index in [1.54, 1.807) is 12.4 Å². The highest BCUT2D eigenvalue weighted by Crippen LogP contribution is 2.52. The van der Waals surface area contributed by atoms with E-state index in [-0.39, 0.29) is 11.4 Å². The topological polar surface area (TPSA) is 57.7 Å². The van der Waals surface area contributed by atoms with Gasteiger partial charge in [-0.1, -0.05) is 6.07 Å². The number of methoxy groups -OCH3 is 1. The standard InChI is InChI=1S/C13H15NO4/c1-16-11(15)13(8-18-9-13)12(6-17-7-12)10-3-2-4-14-5-10/h2-5H,6-9H2,1H3. The Morgan fingerprint density at radius 3 is 2.44 bits per heavy atom. The Kier molecular flexibility index (Phi) is 2.60. The Balaban J connectivity index is 2.04. The van der Waals surface area contributed by atoms with Crippen LogP contribution in [0.3, 0.4) is 0 Å². The number of carbonyl (C=O) groups is 1. The van der Waals surface area contributed by atoms with E-state index in [9.17, 15) is 4.79 Å². The molecule has 3 rings (SSSR count). The van der Waals surface area contributed by atoms with Crippen LogP contribution in [0.15, 0.2) is 24.5 Å². The summed E-state index contributed by atoms with van der Waals surface area (Å²) in [6.07, 6.45) is 3.52. The van der Waals surface area contributed by atoms with Crippen molar-refractivity contribution in [1.29, 1.82) is 0 Å². The summed E-state index contributed by atoms with van der Waals surface area (Å²) in [5.41, 5.74) is 0.0419. The van der Waals surface area contributed by atoms with Gasteiger partial charge in [0, 0.05) is 12.4 Å². The zero-order valence-electron chi connectivity index (χ0n) is 10.2. The SMILES string of the molecule is COC(=O)C1(C2(c3cccnc3)COC2)COC1. The van der Waals surface area contributed by atoms with Crippen molar-refractivity contribution in [1.82, 2.24) is 4.98 Å². The third kappa shape index (κ3) is 1.29. The predicted octanol–water partition coefficient (Wildman–Crippen LogP) is 0.539. The highest BCUT2D eigenvalue weighted by Gasteiger charge is 2.66. The fourth-order valence-corrected chi connectivity index (χ4v) is 2.76. The molecule has 0 atom stereocenters. The Morgan fingerprint density at radius 2 is 2.06 bits per heavy atom. The number of nitrogens with zero attached hydrogens (tertiary/aromatic N) is 1. The molecule has 0 radical (unpaired) electrons. The van der Waals surface area contributed by atoms with Gasteiger partial charge in [0.2, 0.25) is 0 Å². The first-order valence-electron chi connectivity index (χ1n) is 5.90. The lowest BCUT2D eigenvalue weighted by molar-refractivity contribution is -0.238. The van der Waals surface area contributed by atoms with Gasteiger partial charge in [-0.2, -0.15) is 0 Å². The van der Waals surface area contributed by atoms with E-state index in [1.165, 1.54) is 7.11 Å². The summed E-state index contributed by atoms with van der Waals surface area (Å²) < 4.78 is 15.6. The van der Waals surface area contributed by atoms with Crippen molar-refractivity contribution in [2.45, 2.75) is 5.41 Å². The largest absolute Gasteiger partial charge is 0.468 e. The van der Waals surface area contributed by atoms with E-state index in [0.29, 0.717) is 26.4 Å². The van der Waals surface area contributed by atoms with E-state index in [1.807, 2.05) is 12.1 Å². The van der Waals surface area contributed by atoms with Crippen LogP contribution in [-0.2, 0) is 24.4 Å². The number of esters is 1. The molecule has 2 saturated heterocycles. The molecule has 0 unspecified atom stereocenters. The first kappa shape index (κ1) is 11.6. The van der Waals surface area contributed by atoms with Crippen LogP contribution in [0.1, 0.15) is 5.56 Å². The predicted molar refractivity (Wildman–Crippen MR) is 62.0 cm³/mol. The van der Waals surface area contributed by atoms with Gasteiger partial charge in [0.15, 0.2) is 0 Å². The minimum atomic E-state index is -0.622. The lowest BCUT2D eigenvalue weighted by Crippen LogP contribution is -2.70. The normalized spacial score (nSPS) is 23.6. The van der Waals surface area contributed by atoms with Crippen molar-refractivity contribution < 1.29 is 19.0 Å². The van der Waals surface area contributed by atoms with E-state index >= 15 is 0 Å². The maximum absolute atomic E-state index is 12.2. The second-order valence-corrected chi connectivity index (χ2v) is 4.88. The van der Waals surface area contributed by atoms with Crippen LogP contribution in [0, 0.1) is 5.41 Å². The molecule has 0 amide bonds. The second-order valence-electron chi connectivity index (χ2n) is 4.88. The number of hydrogen-bond donors (Lipinski definition) is 0. The first-order chi connectivity index (χ1) is 8.75. The number of hydrogen-bond acceptors (Lipinski definition) is 5. The molecule has 0 N–H and O–H groups in total. The molecule has 2 fully saturated rings. The number of carbonyl (C=O) groups excluding carboxylic acids is 1. The van der Waals surface area contributed by atoms with Crippen molar-refractivity contribution in [3.05, 3.63) is 30.1 Å². The Bertz CT molecular complexity index is 451. The van der Waals surface area contributed by atoms with E-state index < -0.39 is 5.41 Å². The quantitative estimate of drug-likeness (QED) is 0.732. The van der Waals surface area contributed by atoms with Gasteiger partial charge in [0.1, 0.15) is 5.41 Å². The summed E-state index contributed by atoms with van der Waals surface area (Å²) in [4.78, 5) is 16.3. The zero-order valence-corrected chi connectivity index (χ0v) is 10.2. The van der Waals surface area contributed by atoms with E-state index in [2.05, 4.69) is 4.98 Å². The number of aromatic nitrogens is 1. The molecule has 3 heterocycles. The van der Waals surface area contributed by atoms with Crippen molar-refractivity contribution in [3.63, 3.8) is 0 Å². The molecule has 0 aromatic carbocycles. The van der Waals surface area contributed by atoms with Gasteiger partial charge < -0.3 is 14.2 Å². The molecule has 0 aliphatic carbocycles. The lowest BCUT2D eigenvalue weighted by Gasteiger charge is -2.57. The molecule has 0 spiro atoms. The molecule has 2 aliphatic heterocycles. The van der Waals surface area contributed by atoms with Crippen LogP contribution in [0.4, 0.5) is 0 Å². The van der Waals surface area contributed by atoms with Gasteiger partial charge in [-0.05, 0) is 11.6 Å². The number of ether oxygens (including phenoxy) is 3. The summed E-state index contributed by atoms with van der Waals surface area (Å²) in [5.74, 6) is -0.221. The second kappa shape index (κ2) is 4.03. The van der Waals surface area contributed by atoms with Crippen molar-refractivity contribution in [2.24, 2.45) is 5.41 Å². The van der Waals surface area contributed by atoms with Gasteiger partial charge in [-0.3, -0.25) is 9.78 Å². The Hall–Kier alpha value is -1.46. The molecule has 5 heteroatoms. The van der Waals surface area contributed by atoms with Crippen LogP contribution in [-0.4, -0.2) is 44.5 Å². The molecule has 1 aromatic heterocycles. The minimum absolute atomic E-state index is 0.221. The van der Waals surface area contributed by atoms with Crippen molar-refractivity contribution in [3.8, 4) is 0 Å². The fourth-order valence-electron chi connectivity index (χ4n) is 2.76. The third-order valence-corrected chi connectivity index (χ3v) is 4.10. The van der Waals surface area contributed by atoms with Crippen LogP contribution in [0.2, 0.25) is 0 Å². The number of rotatable bonds is 3. The summed E-state index contributed by atoms with van der Waals surface area (Å²) in [6, 6.07) is 3.86. The molecule has 0 bridgehead atoms. The summed E-state index contributed by atoms with van der Waals surface area (Å²) in [7, 11) is 1.42. The molecule has 1 aromatic rings. The maximum Gasteiger partial charge on any atom is 0.317 e. The monoisotopic (exact) mass is 249 g/mol. The van der Waals surface area contributed by atoms with Crippen LogP contribution in [0.25, 0.3) is 0 Å². The van der Waals surface area contributed by atoms with Crippen LogP contribution < -0.4 is 0 Å². The van der Waals surface area contributed by atoms with E-state index in [4.69, 9.17) is 14.2 Å². The highest BCUT2D eigenvalue weighted by atomic mass is 16.6. The average molecular weight is 249 g/mol. The summed E-state index contributed by atoms with van der Waals surface area (Å²) in [6.45, 7) is 1.80. The number of pyridine rings is 1. The molecule has 0 saturated carbocycles. The maximum atomic E-state index is 12.2. The molecule has 5 nitrogen and oxygen atoms in total. The van der Waals surface area contributed by atoms with Gasteiger partial charge in [0.25, 0.3) is 0 Å². The summed E-state index contributed by atoms with van der Waals surface area (Å²) in [5, 5.41) is 0. The van der Waals surface area contributed by atoms with Gasteiger partial charge >= 0.3 is 5.97 Å². The highest BCUT2D eigenvalue weighted by molar-refractivity contribution is 5.81. The van der Waals surface area contributed by atoms with Gasteiger partial charge in [-0.25, -0.2) is 0 Å². The zero-order chi connectivity index (χ0) is 12.6. The third-order valence-electron chi connectivity index (χ3n) is 4.10. The lowest BCUT2D eigenvalue weighted by atomic mass is 9.57. The first-order valence-corrected chi connectivity index (χ1v) is 5.90. The fraction of sp³-hybridized carbons (Fsp3) is 0.538. The molecule has 96 valence electrons.